The number of nitrogens with one attached hydrogen (secondary N) is 1. The Morgan fingerprint density at radius 2 is 1.75 bits per heavy atom. The lowest BCUT2D eigenvalue weighted by Crippen LogP contribution is -2.33. The largest absolute Gasteiger partial charge is 0.368 e. The molecule has 1 aliphatic rings. The number of hydrogen-bond donors (Lipinski definition) is 1. The maximum Gasteiger partial charge on any atom is 0.137 e. The molecule has 0 bridgehead atoms. The number of anilines is 1. The minimum atomic E-state index is 0.715. The molecule has 1 aliphatic heterocycles. The molecule has 146 valence electrons. The number of aryl methyl sites for hydroxylation is 2. The van der Waals surface area contributed by atoms with Crippen LogP contribution >= 0.6 is 11.6 Å². The standard InChI is InChI=1S/C23H27ClN4/c24-19-10-11-21-20(17-19)23(25-13-16-28-14-5-2-6-15-28)27-22(26-21)12-9-18-7-3-1-4-8-18/h1,3-4,7-8,10-11,17H,2,5-6,9,12-16H2,(H,25,26,27). The van der Waals surface area contributed by atoms with Gasteiger partial charge in [0, 0.05) is 29.9 Å². The first kappa shape index (κ1) is 19.2. The molecule has 0 amide bonds. The second kappa shape index (κ2) is 9.35. The molecule has 0 saturated carbocycles. The predicted octanol–water partition coefficient (Wildman–Crippen LogP) is 4.97. The van der Waals surface area contributed by atoms with Gasteiger partial charge in [0.25, 0.3) is 0 Å². The summed E-state index contributed by atoms with van der Waals surface area (Å²) in [4.78, 5) is 12.1. The topological polar surface area (TPSA) is 41.1 Å². The Morgan fingerprint density at radius 1 is 0.929 bits per heavy atom. The third-order valence-electron chi connectivity index (χ3n) is 5.35. The van der Waals surface area contributed by atoms with Gasteiger partial charge in [-0.2, -0.15) is 0 Å². The van der Waals surface area contributed by atoms with E-state index in [1.165, 1.54) is 37.9 Å². The van der Waals surface area contributed by atoms with Crippen molar-refractivity contribution in [3.63, 3.8) is 0 Å². The summed E-state index contributed by atoms with van der Waals surface area (Å²) in [6.07, 6.45) is 5.76. The van der Waals surface area contributed by atoms with E-state index in [-0.39, 0.29) is 0 Å². The zero-order chi connectivity index (χ0) is 19.2. The van der Waals surface area contributed by atoms with Crippen molar-refractivity contribution in [1.82, 2.24) is 14.9 Å². The molecule has 1 saturated heterocycles. The Morgan fingerprint density at radius 3 is 2.57 bits per heavy atom. The number of hydrogen-bond acceptors (Lipinski definition) is 4. The average Bonchev–Trinajstić information content (AvgIpc) is 2.74. The van der Waals surface area contributed by atoms with Gasteiger partial charge in [-0.05, 0) is 56.1 Å². The molecular weight excluding hydrogens is 368 g/mol. The Labute approximate surface area is 172 Å². The van der Waals surface area contributed by atoms with Gasteiger partial charge in [0.05, 0.1) is 5.52 Å². The summed E-state index contributed by atoms with van der Waals surface area (Å²) in [5.41, 5.74) is 2.25. The van der Waals surface area contributed by atoms with E-state index in [1.54, 1.807) is 0 Å². The summed E-state index contributed by atoms with van der Waals surface area (Å²) in [6.45, 7) is 4.35. The molecule has 1 N–H and O–H groups in total. The fourth-order valence-electron chi connectivity index (χ4n) is 3.81. The Balaban J connectivity index is 1.49. The van der Waals surface area contributed by atoms with E-state index in [2.05, 4.69) is 34.5 Å². The lowest BCUT2D eigenvalue weighted by atomic mass is 10.1. The highest BCUT2D eigenvalue weighted by molar-refractivity contribution is 6.31. The minimum absolute atomic E-state index is 0.715. The number of benzene rings is 2. The quantitative estimate of drug-likeness (QED) is 0.614. The highest BCUT2D eigenvalue weighted by Crippen LogP contribution is 2.24. The fraction of sp³-hybridized carbons (Fsp3) is 0.391. The van der Waals surface area contributed by atoms with Crippen LogP contribution in [0.4, 0.5) is 5.82 Å². The highest BCUT2D eigenvalue weighted by atomic mass is 35.5. The zero-order valence-corrected chi connectivity index (χ0v) is 17.0. The van der Waals surface area contributed by atoms with Crippen LogP contribution in [0.1, 0.15) is 30.7 Å². The normalized spacial score (nSPS) is 15.0. The van der Waals surface area contributed by atoms with Crippen LogP contribution < -0.4 is 5.32 Å². The summed E-state index contributed by atoms with van der Waals surface area (Å²) < 4.78 is 0. The number of aromatic nitrogens is 2. The van der Waals surface area contributed by atoms with Crippen molar-refractivity contribution < 1.29 is 0 Å². The van der Waals surface area contributed by atoms with Crippen LogP contribution in [0.2, 0.25) is 5.02 Å². The second-order valence-corrected chi connectivity index (χ2v) is 7.90. The zero-order valence-electron chi connectivity index (χ0n) is 16.2. The van der Waals surface area contributed by atoms with E-state index in [4.69, 9.17) is 21.6 Å². The summed E-state index contributed by atoms with van der Waals surface area (Å²) in [5, 5.41) is 5.26. The molecule has 0 spiro atoms. The van der Waals surface area contributed by atoms with E-state index in [0.29, 0.717) is 5.02 Å². The van der Waals surface area contributed by atoms with Crippen LogP contribution in [0.25, 0.3) is 10.9 Å². The molecule has 4 rings (SSSR count). The van der Waals surface area contributed by atoms with E-state index in [0.717, 1.165) is 48.5 Å². The molecule has 2 aromatic carbocycles. The Kier molecular flexibility index (Phi) is 6.40. The molecule has 0 radical (unpaired) electrons. The summed E-state index contributed by atoms with van der Waals surface area (Å²) in [7, 11) is 0. The number of likely N-dealkylation sites (tertiary alicyclic amines) is 1. The number of rotatable bonds is 7. The molecule has 3 aromatic rings. The van der Waals surface area contributed by atoms with Crippen LogP contribution in [0.3, 0.4) is 0 Å². The SMILES string of the molecule is Clc1ccc2nc(CCc3ccccc3)nc(NCCN3CCCCC3)c2c1. The van der Waals surface area contributed by atoms with Gasteiger partial charge in [-0.25, -0.2) is 9.97 Å². The number of halogens is 1. The van der Waals surface area contributed by atoms with Crippen LogP contribution in [0.5, 0.6) is 0 Å². The highest BCUT2D eigenvalue weighted by Gasteiger charge is 2.12. The molecule has 0 atom stereocenters. The molecule has 5 heteroatoms. The number of fused-ring (bicyclic) bond motifs is 1. The third kappa shape index (κ3) is 5.00. The van der Waals surface area contributed by atoms with Gasteiger partial charge in [0.15, 0.2) is 0 Å². The van der Waals surface area contributed by atoms with Gasteiger partial charge in [-0.1, -0.05) is 48.4 Å². The van der Waals surface area contributed by atoms with Gasteiger partial charge >= 0.3 is 0 Å². The minimum Gasteiger partial charge on any atom is -0.368 e. The van der Waals surface area contributed by atoms with Crippen LogP contribution in [-0.4, -0.2) is 41.0 Å². The lowest BCUT2D eigenvalue weighted by molar-refractivity contribution is 0.237. The van der Waals surface area contributed by atoms with Gasteiger partial charge in [-0.15, -0.1) is 0 Å². The van der Waals surface area contributed by atoms with Crippen LogP contribution in [0.15, 0.2) is 48.5 Å². The van der Waals surface area contributed by atoms with E-state index in [1.807, 2.05) is 24.3 Å². The first-order valence-electron chi connectivity index (χ1n) is 10.2. The Bertz CT molecular complexity index is 907. The first-order chi connectivity index (χ1) is 13.8. The van der Waals surface area contributed by atoms with Gasteiger partial charge in [0.1, 0.15) is 11.6 Å². The second-order valence-electron chi connectivity index (χ2n) is 7.46. The van der Waals surface area contributed by atoms with Crippen molar-refractivity contribution in [2.45, 2.75) is 32.1 Å². The van der Waals surface area contributed by atoms with Crippen molar-refractivity contribution >= 4 is 28.3 Å². The molecule has 28 heavy (non-hydrogen) atoms. The molecule has 4 nitrogen and oxygen atoms in total. The van der Waals surface area contributed by atoms with Gasteiger partial charge in [-0.3, -0.25) is 0 Å². The van der Waals surface area contributed by atoms with Gasteiger partial charge in [0.2, 0.25) is 0 Å². The van der Waals surface area contributed by atoms with Crippen LogP contribution in [-0.2, 0) is 12.8 Å². The summed E-state index contributed by atoms with van der Waals surface area (Å²) in [5.74, 6) is 1.77. The van der Waals surface area contributed by atoms with Crippen molar-refractivity contribution in [3.8, 4) is 0 Å². The molecular formula is C23H27ClN4. The van der Waals surface area contributed by atoms with E-state index in [9.17, 15) is 0 Å². The maximum atomic E-state index is 6.24. The molecule has 0 unspecified atom stereocenters. The molecule has 0 aliphatic carbocycles. The molecule has 2 heterocycles. The van der Waals surface area contributed by atoms with Crippen molar-refractivity contribution in [2.75, 3.05) is 31.5 Å². The van der Waals surface area contributed by atoms with E-state index >= 15 is 0 Å². The first-order valence-corrected chi connectivity index (χ1v) is 10.6. The van der Waals surface area contributed by atoms with Gasteiger partial charge < -0.3 is 10.2 Å². The monoisotopic (exact) mass is 394 g/mol. The van der Waals surface area contributed by atoms with Crippen molar-refractivity contribution in [2.24, 2.45) is 0 Å². The summed E-state index contributed by atoms with van der Waals surface area (Å²) >= 11 is 6.24. The average molecular weight is 395 g/mol. The van der Waals surface area contributed by atoms with Crippen LogP contribution in [0, 0.1) is 0 Å². The number of nitrogens with zero attached hydrogens (tertiary/aromatic N) is 3. The van der Waals surface area contributed by atoms with E-state index < -0.39 is 0 Å². The summed E-state index contributed by atoms with van der Waals surface area (Å²) in [6, 6.07) is 16.3. The Hall–Kier alpha value is -2.17. The smallest absolute Gasteiger partial charge is 0.137 e. The van der Waals surface area contributed by atoms with Crippen molar-refractivity contribution in [3.05, 3.63) is 64.9 Å². The lowest BCUT2D eigenvalue weighted by Gasteiger charge is -2.26. The fourth-order valence-corrected chi connectivity index (χ4v) is 3.98. The third-order valence-corrected chi connectivity index (χ3v) is 5.59. The molecule has 1 aromatic heterocycles. The maximum absolute atomic E-state index is 6.24. The molecule has 1 fully saturated rings. The van der Waals surface area contributed by atoms with Crippen molar-refractivity contribution in [1.29, 1.82) is 0 Å². The predicted molar refractivity (Wildman–Crippen MR) is 117 cm³/mol. The number of piperidine rings is 1.